The van der Waals surface area contributed by atoms with Crippen molar-refractivity contribution >= 4 is 22.5 Å². The van der Waals surface area contributed by atoms with Crippen molar-refractivity contribution in [3.8, 4) is 0 Å². The highest BCUT2D eigenvalue weighted by molar-refractivity contribution is 5.95. The van der Waals surface area contributed by atoms with Crippen molar-refractivity contribution in [2.75, 3.05) is 5.32 Å². The molecule has 86 valence electrons. The number of carbonyl (C=O) groups is 1. The number of fused-ring (bicyclic) bond motifs is 1. The molecule has 2 aromatic rings. The Kier molecular flexibility index (Phi) is 2.28. The molecule has 4 heteroatoms. The summed E-state index contributed by atoms with van der Waals surface area (Å²) >= 11 is 0. The summed E-state index contributed by atoms with van der Waals surface area (Å²) in [5.74, 6) is 0.911. The molecule has 1 aliphatic rings. The molecule has 0 radical (unpaired) electrons. The molecule has 1 N–H and O–H groups in total. The molecule has 0 atom stereocenters. The van der Waals surface area contributed by atoms with E-state index in [1.165, 1.54) is 0 Å². The van der Waals surface area contributed by atoms with E-state index in [0.717, 1.165) is 29.3 Å². The fourth-order valence-corrected chi connectivity index (χ4v) is 1.85. The van der Waals surface area contributed by atoms with E-state index in [9.17, 15) is 4.79 Å². The number of rotatable bonds is 2. The lowest BCUT2D eigenvalue weighted by atomic mass is 10.2. The predicted molar refractivity (Wildman–Crippen MR) is 65.6 cm³/mol. The predicted octanol–water partition coefficient (Wildman–Crippen LogP) is 2.29. The minimum absolute atomic E-state index is 0.0858. The molecular formula is C13H13N3O. The summed E-state index contributed by atoms with van der Waals surface area (Å²) in [4.78, 5) is 20.1. The van der Waals surface area contributed by atoms with Gasteiger partial charge in [0.1, 0.15) is 5.82 Å². The number of nitrogens with one attached hydrogen (secondary N) is 1. The maximum atomic E-state index is 11.6. The van der Waals surface area contributed by atoms with E-state index in [1.54, 1.807) is 12.4 Å². The summed E-state index contributed by atoms with van der Waals surface area (Å²) in [5.41, 5.74) is 0.954. The molecule has 3 rings (SSSR count). The van der Waals surface area contributed by atoms with Gasteiger partial charge >= 0.3 is 0 Å². The van der Waals surface area contributed by atoms with Crippen molar-refractivity contribution in [2.24, 2.45) is 5.92 Å². The molecule has 0 aromatic carbocycles. The van der Waals surface area contributed by atoms with Gasteiger partial charge in [-0.05, 0) is 37.3 Å². The number of amides is 1. The second kappa shape index (κ2) is 3.80. The molecule has 2 aromatic heterocycles. The minimum atomic E-state index is 0.0858. The molecule has 0 aliphatic heterocycles. The van der Waals surface area contributed by atoms with Crippen LogP contribution in [0.1, 0.15) is 18.5 Å². The lowest BCUT2D eigenvalue weighted by molar-refractivity contribution is -0.117. The van der Waals surface area contributed by atoms with Crippen molar-refractivity contribution in [3.63, 3.8) is 0 Å². The van der Waals surface area contributed by atoms with E-state index >= 15 is 0 Å². The maximum Gasteiger partial charge on any atom is 0.228 e. The summed E-state index contributed by atoms with van der Waals surface area (Å²) in [6.07, 6.45) is 5.54. The Balaban J connectivity index is 1.93. The monoisotopic (exact) mass is 227 g/mol. The fraction of sp³-hybridized carbons (Fsp3) is 0.308. The molecule has 0 saturated heterocycles. The van der Waals surface area contributed by atoms with Crippen LogP contribution in [-0.2, 0) is 4.79 Å². The van der Waals surface area contributed by atoms with Gasteiger partial charge in [-0.2, -0.15) is 0 Å². The van der Waals surface area contributed by atoms with Gasteiger partial charge in [0.25, 0.3) is 0 Å². The molecule has 0 bridgehead atoms. The second-order valence-corrected chi connectivity index (χ2v) is 4.45. The van der Waals surface area contributed by atoms with E-state index in [4.69, 9.17) is 0 Å². The number of anilines is 1. The fourth-order valence-electron chi connectivity index (χ4n) is 1.85. The molecule has 4 nitrogen and oxygen atoms in total. The number of aromatic nitrogens is 2. The van der Waals surface area contributed by atoms with Crippen LogP contribution >= 0.6 is 0 Å². The third-order valence-corrected chi connectivity index (χ3v) is 3.05. The van der Waals surface area contributed by atoms with E-state index in [-0.39, 0.29) is 11.8 Å². The Labute approximate surface area is 99.1 Å². The van der Waals surface area contributed by atoms with Crippen LogP contribution < -0.4 is 5.32 Å². The second-order valence-electron chi connectivity index (χ2n) is 4.45. The quantitative estimate of drug-likeness (QED) is 0.856. The highest BCUT2D eigenvalue weighted by atomic mass is 16.2. The molecular weight excluding hydrogens is 214 g/mol. The van der Waals surface area contributed by atoms with E-state index < -0.39 is 0 Å². The number of nitrogens with zero attached hydrogens (tertiary/aromatic N) is 2. The lowest BCUT2D eigenvalue weighted by Gasteiger charge is -2.05. The highest BCUT2D eigenvalue weighted by Gasteiger charge is 2.29. The van der Waals surface area contributed by atoms with Gasteiger partial charge in [0.2, 0.25) is 5.91 Å². The standard InChI is InChI=1S/C13H13N3O/c1-8-11-7-15-12(6-10(11)4-5-14-8)16-13(17)9-2-3-9/h4-7,9H,2-3H2,1H3,(H,15,16,17). The van der Waals surface area contributed by atoms with Crippen molar-refractivity contribution < 1.29 is 4.79 Å². The van der Waals surface area contributed by atoms with E-state index in [1.807, 2.05) is 19.1 Å². The average molecular weight is 227 g/mol. The van der Waals surface area contributed by atoms with Crippen LogP contribution in [-0.4, -0.2) is 15.9 Å². The third kappa shape index (κ3) is 1.98. The van der Waals surface area contributed by atoms with Crippen LogP contribution in [0.4, 0.5) is 5.82 Å². The zero-order valence-corrected chi connectivity index (χ0v) is 9.60. The van der Waals surface area contributed by atoms with E-state index in [2.05, 4.69) is 15.3 Å². The first-order chi connectivity index (χ1) is 8.24. The zero-order chi connectivity index (χ0) is 11.8. The Morgan fingerprint density at radius 3 is 3.00 bits per heavy atom. The van der Waals surface area contributed by atoms with Crippen LogP contribution in [0.3, 0.4) is 0 Å². The Morgan fingerprint density at radius 1 is 1.41 bits per heavy atom. The normalized spacial score (nSPS) is 14.9. The van der Waals surface area contributed by atoms with Gasteiger partial charge in [0.15, 0.2) is 0 Å². The largest absolute Gasteiger partial charge is 0.310 e. The summed E-state index contributed by atoms with van der Waals surface area (Å²) in [5, 5.41) is 4.92. The number of pyridine rings is 2. The Bertz CT molecular complexity index is 590. The van der Waals surface area contributed by atoms with Gasteiger partial charge in [-0.25, -0.2) is 4.98 Å². The Hall–Kier alpha value is -1.97. The number of hydrogen-bond acceptors (Lipinski definition) is 3. The third-order valence-electron chi connectivity index (χ3n) is 3.05. The molecule has 1 aliphatic carbocycles. The van der Waals surface area contributed by atoms with E-state index in [0.29, 0.717) is 5.82 Å². The zero-order valence-electron chi connectivity index (χ0n) is 9.60. The first kappa shape index (κ1) is 10.2. The van der Waals surface area contributed by atoms with Gasteiger partial charge in [0.05, 0.1) is 0 Å². The van der Waals surface area contributed by atoms with Crippen LogP contribution in [0.2, 0.25) is 0 Å². The Morgan fingerprint density at radius 2 is 2.24 bits per heavy atom. The van der Waals surface area contributed by atoms with Crippen molar-refractivity contribution in [3.05, 3.63) is 30.2 Å². The van der Waals surface area contributed by atoms with Crippen LogP contribution in [0.25, 0.3) is 10.8 Å². The smallest absolute Gasteiger partial charge is 0.228 e. The molecule has 1 fully saturated rings. The SMILES string of the molecule is Cc1nccc2cc(NC(=O)C3CC3)ncc12. The van der Waals surface area contributed by atoms with Gasteiger partial charge in [-0.3, -0.25) is 9.78 Å². The average Bonchev–Trinajstić information content (AvgIpc) is 3.13. The summed E-state index contributed by atoms with van der Waals surface area (Å²) in [6, 6.07) is 3.82. The van der Waals surface area contributed by atoms with Crippen molar-refractivity contribution in [1.82, 2.24) is 9.97 Å². The topological polar surface area (TPSA) is 54.9 Å². The first-order valence-electron chi connectivity index (χ1n) is 5.76. The lowest BCUT2D eigenvalue weighted by Crippen LogP contribution is -2.14. The van der Waals surface area contributed by atoms with Crippen LogP contribution in [0.5, 0.6) is 0 Å². The van der Waals surface area contributed by atoms with Crippen LogP contribution in [0, 0.1) is 12.8 Å². The van der Waals surface area contributed by atoms with Crippen molar-refractivity contribution in [2.45, 2.75) is 19.8 Å². The van der Waals surface area contributed by atoms with Gasteiger partial charge in [-0.1, -0.05) is 0 Å². The minimum Gasteiger partial charge on any atom is -0.310 e. The molecule has 17 heavy (non-hydrogen) atoms. The van der Waals surface area contributed by atoms with Gasteiger partial charge in [0, 0.05) is 29.4 Å². The molecule has 2 heterocycles. The molecule has 0 unspecified atom stereocenters. The summed E-state index contributed by atoms with van der Waals surface area (Å²) in [7, 11) is 0. The molecule has 1 saturated carbocycles. The first-order valence-corrected chi connectivity index (χ1v) is 5.76. The van der Waals surface area contributed by atoms with Crippen molar-refractivity contribution in [1.29, 1.82) is 0 Å². The van der Waals surface area contributed by atoms with Gasteiger partial charge in [-0.15, -0.1) is 0 Å². The molecule has 0 spiro atoms. The summed E-state index contributed by atoms with van der Waals surface area (Å²) in [6.45, 7) is 1.95. The summed E-state index contributed by atoms with van der Waals surface area (Å²) < 4.78 is 0. The molecule has 1 amide bonds. The van der Waals surface area contributed by atoms with Gasteiger partial charge < -0.3 is 5.32 Å². The highest BCUT2D eigenvalue weighted by Crippen LogP contribution is 2.30. The van der Waals surface area contributed by atoms with Crippen LogP contribution in [0.15, 0.2) is 24.5 Å². The number of aryl methyl sites for hydroxylation is 1. The number of hydrogen-bond donors (Lipinski definition) is 1. The number of carbonyl (C=O) groups excluding carboxylic acids is 1. The maximum absolute atomic E-state index is 11.6.